The molecule has 0 unspecified atom stereocenters. The SMILES string of the molecule is C=CCOC(=O)Nc1ccc(CC(=O)c2cc(N)cn2C)cc1. The molecule has 1 aromatic carbocycles. The number of Topliss-reactive ketones (excluding diaryl/α,β-unsaturated/α-hetero) is 1. The second kappa shape index (κ2) is 7.31. The predicted octanol–water partition coefficient (Wildman–Crippen LogP) is 2.77. The van der Waals surface area contributed by atoms with Crippen molar-refractivity contribution in [1.29, 1.82) is 0 Å². The molecule has 0 spiro atoms. The molecule has 0 atom stereocenters. The van der Waals surface area contributed by atoms with Crippen LogP contribution in [0.3, 0.4) is 0 Å². The molecule has 23 heavy (non-hydrogen) atoms. The third-order valence-corrected chi connectivity index (χ3v) is 3.21. The quantitative estimate of drug-likeness (QED) is 0.634. The Hall–Kier alpha value is -3.02. The van der Waals surface area contributed by atoms with E-state index in [1.54, 1.807) is 48.1 Å². The summed E-state index contributed by atoms with van der Waals surface area (Å²) in [5.41, 5.74) is 8.25. The summed E-state index contributed by atoms with van der Waals surface area (Å²) >= 11 is 0. The molecule has 0 fully saturated rings. The van der Waals surface area contributed by atoms with Gasteiger partial charge in [-0.3, -0.25) is 10.1 Å². The lowest BCUT2D eigenvalue weighted by Crippen LogP contribution is -2.13. The van der Waals surface area contributed by atoms with E-state index in [4.69, 9.17) is 10.5 Å². The van der Waals surface area contributed by atoms with Crippen LogP contribution in [0.15, 0.2) is 49.2 Å². The minimum absolute atomic E-state index is 0.0182. The molecule has 0 aliphatic heterocycles. The van der Waals surface area contributed by atoms with Crippen LogP contribution in [-0.4, -0.2) is 23.1 Å². The minimum Gasteiger partial charge on any atom is -0.445 e. The molecule has 6 heteroatoms. The molecular weight excluding hydrogens is 294 g/mol. The Morgan fingerprint density at radius 2 is 2.04 bits per heavy atom. The summed E-state index contributed by atoms with van der Waals surface area (Å²) in [6.07, 6.45) is 2.91. The highest BCUT2D eigenvalue weighted by atomic mass is 16.5. The van der Waals surface area contributed by atoms with E-state index in [0.29, 0.717) is 17.1 Å². The van der Waals surface area contributed by atoms with E-state index in [-0.39, 0.29) is 18.8 Å². The van der Waals surface area contributed by atoms with Crippen molar-refractivity contribution in [3.8, 4) is 0 Å². The van der Waals surface area contributed by atoms with Crippen molar-refractivity contribution in [3.05, 3.63) is 60.4 Å². The summed E-state index contributed by atoms with van der Waals surface area (Å²) in [7, 11) is 1.78. The van der Waals surface area contributed by atoms with E-state index in [0.717, 1.165) is 5.56 Å². The number of hydrogen-bond acceptors (Lipinski definition) is 4. The van der Waals surface area contributed by atoms with E-state index >= 15 is 0 Å². The van der Waals surface area contributed by atoms with Gasteiger partial charge in [-0.25, -0.2) is 4.79 Å². The normalized spacial score (nSPS) is 10.1. The van der Waals surface area contributed by atoms with Crippen LogP contribution in [0.5, 0.6) is 0 Å². The van der Waals surface area contributed by atoms with Gasteiger partial charge in [0.1, 0.15) is 6.61 Å². The van der Waals surface area contributed by atoms with Crippen LogP contribution in [0.1, 0.15) is 16.1 Å². The maximum atomic E-state index is 12.3. The third-order valence-electron chi connectivity index (χ3n) is 3.21. The predicted molar refractivity (Wildman–Crippen MR) is 89.5 cm³/mol. The van der Waals surface area contributed by atoms with E-state index < -0.39 is 6.09 Å². The fourth-order valence-electron chi connectivity index (χ4n) is 2.14. The molecule has 0 aliphatic carbocycles. The number of nitrogens with two attached hydrogens (primary N) is 1. The lowest BCUT2D eigenvalue weighted by molar-refractivity contribution is 0.0985. The van der Waals surface area contributed by atoms with Crippen LogP contribution in [0.2, 0.25) is 0 Å². The molecule has 1 amide bonds. The second-order valence-electron chi connectivity index (χ2n) is 5.08. The van der Waals surface area contributed by atoms with Crippen LogP contribution in [0, 0.1) is 0 Å². The molecule has 0 saturated heterocycles. The van der Waals surface area contributed by atoms with Crippen molar-refractivity contribution in [2.75, 3.05) is 17.7 Å². The number of nitrogens with zero attached hydrogens (tertiary/aromatic N) is 1. The highest BCUT2D eigenvalue weighted by molar-refractivity contribution is 5.97. The highest BCUT2D eigenvalue weighted by Gasteiger charge is 2.12. The molecule has 0 aliphatic rings. The Labute approximate surface area is 134 Å². The van der Waals surface area contributed by atoms with Crippen molar-refractivity contribution in [1.82, 2.24) is 4.57 Å². The standard InChI is InChI=1S/C17H19N3O3/c1-3-8-23-17(22)19-14-6-4-12(5-7-14)9-16(21)15-10-13(18)11-20(15)2/h3-7,10-11H,1,8-9,18H2,2H3,(H,19,22). The number of ketones is 1. The van der Waals surface area contributed by atoms with Gasteiger partial charge in [0.15, 0.2) is 5.78 Å². The summed E-state index contributed by atoms with van der Waals surface area (Å²) in [6.45, 7) is 3.62. The number of aryl methyl sites for hydroxylation is 1. The Bertz CT molecular complexity index is 717. The smallest absolute Gasteiger partial charge is 0.411 e. The minimum atomic E-state index is -0.548. The van der Waals surface area contributed by atoms with Crippen LogP contribution in [-0.2, 0) is 18.2 Å². The molecule has 2 rings (SSSR count). The topological polar surface area (TPSA) is 86.3 Å². The molecule has 0 radical (unpaired) electrons. The first-order valence-electron chi connectivity index (χ1n) is 7.08. The van der Waals surface area contributed by atoms with Gasteiger partial charge in [0.05, 0.1) is 11.4 Å². The zero-order valence-corrected chi connectivity index (χ0v) is 12.9. The zero-order valence-electron chi connectivity index (χ0n) is 12.9. The molecule has 1 aromatic heterocycles. The number of nitrogen functional groups attached to an aromatic ring is 1. The first-order chi connectivity index (χ1) is 11.0. The number of aromatic nitrogens is 1. The molecule has 3 N–H and O–H groups in total. The lowest BCUT2D eigenvalue weighted by Gasteiger charge is -2.07. The van der Waals surface area contributed by atoms with Gasteiger partial charge in [0.25, 0.3) is 0 Å². The van der Waals surface area contributed by atoms with Gasteiger partial charge in [0.2, 0.25) is 0 Å². The van der Waals surface area contributed by atoms with E-state index in [1.807, 2.05) is 0 Å². The molecular formula is C17H19N3O3. The van der Waals surface area contributed by atoms with Crippen molar-refractivity contribution in [2.45, 2.75) is 6.42 Å². The molecule has 0 bridgehead atoms. The van der Waals surface area contributed by atoms with Crippen LogP contribution in [0.4, 0.5) is 16.2 Å². The number of benzene rings is 1. The number of carbonyl (C=O) groups is 2. The summed E-state index contributed by atoms with van der Waals surface area (Å²) in [5, 5.41) is 2.59. The fraction of sp³-hybridized carbons (Fsp3) is 0.176. The molecule has 0 saturated carbocycles. The molecule has 6 nitrogen and oxygen atoms in total. The number of rotatable bonds is 6. The van der Waals surface area contributed by atoms with Gasteiger partial charge in [-0.15, -0.1) is 0 Å². The summed E-state index contributed by atoms with van der Waals surface area (Å²) in [6, 6.07) is 8.67. The largest absolute Gasteiger partial charge is 0.445 e. The number of anilines is 2. The van der Waals surface area contributed by atoms with Crippen LogP contribution >= 0.6 is 0 Å². The van der Waals surface area contributed by atoms with Crippen molar-refractivity contribution < 1.29 is 14.3 Å². The van der Waals surface area contributed by atoms with Crippen molar-refractivity contribution in [3.63, 3.8) is 0 Å². The van der Waals surface area contributed by atoms with Crippen LogP contribution in [0.25, 0.3) is 0 Å². The molecule has 120 valence electrons. The maximum Gasteiger partial charge on any atom is 0.411 e. The maximum absolute atomic E-state index is 12.3. The van der Waals surface area contributed by atoms with Gasteiger partial charge in [-0.2, -0.15) is 0 Å². The number of ether oxygens (including phenoxy) is 1. The Morgan fingerprint density at radius 3 is 2.61 bits per heavy atom. The number of nitrogens with one attached hydrogen (secondary N) is 1. The summed E-state index contributed by atoms with van der Waals surface area (Å²) in [4.78, 5) is 23.7. The summed E-state index contributed by atoms with van der Waals surface area (Å²) in [5.74, 6) is -0.0182. The highest BCUT2D eigenvalue weighted by Crippen LogP contribution is 2.15. The Kier molecular flexibility index (Phi) is 5.19. The van der Waals surface area contributed by atoms with Gasteiger partial charge >= 0.3 is 6.09 Å². The molecule has 2 aromatic rings. The average molecular weight is 313 g/mol. The number of amides is 1. The third kappa shape index (κ3) is 4.47. The Balaban J connectivity index is 1.97. The number of hydrogen-bond donors (Lipinski definition) is 2. The first kappa shape index (κ1) is 16.4. The lowest BCUT2D eigenvalue weighted by atomic mass is 10.1. The summed E-state index contributed by atoms with van der Waals surface area (Å²) < 4.78 is 6.54. The monoisotopic (exact) mass is 313 g/mol. The average Bonchev–Trinajstić information content (AvgIpc) is 2.86. The Morgan fingerprint density at radius 1 is 1.35 bits per heavy atom. The van der Waals surface area contributed by atoms with E-state index in [1.165, 1.54) is 6.08 Å². The fourth-order valence-corrected chi connectivity index (χ4v) is 2.14. The first-order valence-corrected chi connectivity index (χ1v) is 7.08. The van der Waals surface area contributed by atoms with Gasteiger partial charge < -0.3 is 15.0 Å². The number of carbonyl (C=O) groups excluding carboxylic acids is 2. The van der Waals surface area contributed by atoms with Gasteiger partial charge in [-0.1, -0.05) is 24.8 Å². The van der Waals surface area contributed by atoms with Gasteiger partial charge in [0, 0.05) is 25.4 Å². The van der Waals surface area contributed by atoms with Crippen molar-refractivity contribution >= 4 is 23.3 Å². The molecule has 1 heterocycles. The van der Waals surface area contributed by atoms with Gasteiger partial charge in [-0.05, 0) is 23.8 Å². The van der Waals surface area contributed by atoms with E-state index in [9.17, 15) is 9.59 Å². The zero-order chi connectivity index (χ0) is 16.8. The van der Waals surface area contributed by atoms with Crippen molar-refractivity contribution in [2.24, 2.45) is 7.05 Å². The van der Waals surface area contributed by atoms with Crippen LogP contribution < -0.4 is 11.1 Å². The second-order valence-corrected chi connectivity index (χ2v) is 5.08. The van der Waals surface area contributed by atoms with E-state index in [2.05, 4.69) is 11.9 Å².